The van der Waals surface area contributed by atoms with Crippen LogP contribution >= 0.6 is 0 Å². The number of amides is 2. The molecule has 2 aromatic heterocycles. The Balaban J connectivity index is 1.49. The Bertz CT molecular complexity index is 1030. The summed E-state index contributed by atoms with van der Waals surface area (Å²) in [6.07, 6.45) is 6.97. The van der Waals surface area contributed by atoms with Gasteiger partial charge in [0.1, 0.15) is 0 Å². The molecule has 0 aliphatic rings. The molecule has 1 N–H and O–H groups in total. The summed E-state index contributed by atoms with van der Waals surface area (Å²) in [5.74, 6) is 0. The van der Waals surface area contributed by atoms with Gasteiger partial charge in [-0.15, -0.1) is 0 Å². The van der Waals surface area contributed by atoms with Crippen LogP contribution in [0.2, 0.25) is 0 Å². The van der Waals surface area contributed by atoms with E-state index in [4.69, 9.17) is 0 Å². The van der Waals surface area contributed by atoms with Crippen LogP contribution in [0.5, 0.6) is 0 Å². The fraction of sp³-hybridized carbons (Fsp3) is 0.0800. The van der Waals surface area contributed by atoms with Crippen molar-refractivity contribution in [2.75, 3.05) is 5.32 Å². The number of carbonyl (C=O) groups excluding carboxylic acids is 1. The Morgan fingerprint density at radius 3 is 2.10 bits per heavy atom. The second kappa shape index (κ2) is 9.47. The lowest BCUT2D eigenvalue weighted by Crippen LogP contribution is -2.34. The summed E-state index contributed by atoms with van der Waals surface area (Å²) in [6, 6.07) is 25.5. The Labute approximate surface area is 176 Å². The van der Waals surface area contributed by atoms with E-state index in [-0.39, 0.29) is 6.03 Å². The van der Waals surface area contributed by atoms with Crippen molar-refractivity contribution in [1.82, 2.24) is 14.9 Å². The van der Waals surface area contributed by atoms with Gasteiger partial charge in [-0.25, -0.2) is 4.79 Å². The molecule has 0 fully saturated rings. The fourth-order valence-corrected chi connectivity index (χ4v) is 3.20. The van der Waals surface area contributed by atoms with Crippen LogP contribution in [0.25, 0.3) is 11.1 Å². The third-order valence-electron chi connectivity index (χ3n) is 4.75. The average molecular weight is 394 g/mol. The van der Waals surface area contributed by atoms with Gasteiger partial charge in [-0.05, 0) is 52.6 Å². The van der Waals surface area contributed by atoms with Crippen LogP contribution in [0.3, 0.4) is 0 Å². The predicted octanol–water partition coefficient (Wildman–Crippen LogP) is 5.38. The zero-order valence-corrected chi connectivity index (χ0v) is 16.5. The number of rotatable bonds is 6. The van der Waals surface area contributed by atoms with E-state index in [0.29, 0.717) is 13.1 Å². The van der Waals surface area contributed by atoms with Gasteiger partial charge in [0.05, 0.1) is 0 Å². The smallest absolute Gasteiger partial charge is 0.316 e. The van der Waals surface area contributed by atoms with E-state index in [1.807, 2.05) is 66.7 Å². The van der Waals surface area contributed by atoms with Crippen molar-refractivity contribution in [3.63, 3.8) is 0 Å². The average Bonchev–Trinajstić information content (AvgIpc) is 2.81. The molecule has 4 rings (SSSR count). The summed E-state index contributed by atoms with van der Waals surface area (Å²) >= 11 is 0. The number of anilines is 1. The van der Waals surface area contributed by atoms with Gasteiger partial charge in [-0.2, -0.15) is 0 Å². The zero-order chi connectivity index (χ0) is 20.6. The molecule has 5 heteroatoms. The number of hydrogen-bond acceptors (Lipinski definition) is 3. The summed E-state index contributed by atoms with van der Waals surface area (Å²) in [6.45, 7) is 0.940. The third kappa shape index (κ3) is 5.08. The standard InChI is InChI=1S/C25H22N4O/c30-25(28-24-10-8-23(9-11-24)22-6-2-1-3-7-22)29(18-20-12-15-26-16-13-20)19-21-5-4-14-27-17-21/h1-17H,18-19H2,(H,28,30). The van der Waals surface area contributed by atoms with Crippen LogP contribution in [0.1, 0.15) is 11.1 Å². The number of nitrogens with one attached hydrogen (secondary N) is 1. The molecule has 0 unspecified atom stereocenters. The topological polar surface area (TPSA) is 58.1 Å². The Hall–Kier alpha value is -3.99. The summed E-state index contributed by atoms with van der Waals surface area (Å²) in [5.41, 5.74) is 5.00. The summed E-state index contributed by atoms with van der Waals surface area (Å²) in [4.78, 5) is 23.0. The molecule has 4 aromatic rings. The van der Waals surface area contributed by atoms with Crippen molar-refractivity contribution < 1.29 is 4.79 Å². The maximum absolute atomic E-state index is 13.1. The first-order chi connectivity index (χ1) is 14.8. The normalized spacial score (nSPS) is 10.4. The zero-order valence-electron chi connectivity index (χ0n) is 16.5. The molecule has 0 saturated heterocycles. The quantitative estimate of drug-likeness (QED) is 0.478. The highest BCUT2D eigenvalue weighted by Gasteiger charge is 2.15. The molecular weight excluding hydrogens is 372 g/mol. The molecule has 2 amide bonds. The summed E-state index contributed by atoms with van der Waals surface area (Å²) in [7, 11) is 0. The van der Waals surface area contributed by atoms with E-state index in [9.17, 15) is 4.79 Å². The number of pyridine rings is 2. The maximum Gasteiger partial charge on any atom is 0.322 e. The molecule has 2 heterocycles. The lowest BCUT2D eigenvalue weighted by molar-refractivity contribution is 0.206. The number of urea groups is 1. The first kappa shape index (κ1) is 19.3. The fourth-order valence-electron chi connectivity index (χ4n) is 3.20. The van der Waals surface area contributed by atoms with Crippen molar-refractivity contribution >= 4 is 11.7 Å². The van der Waals surface area contributed by atoms with Crippen LogP contribution in [0.15, 0.2) is 104 Å². The van der Waals surface area contributed by atoms with Crippen molar-refractivity contribution in [1.29, 1.82) is 0 Å². The van der Waals surface area contributed by atoms with E-state index < -0.39 is 0 Å². The lowest BCUT2D eigenvalue weighted by atomic mass is 10.1. The highest BCUT2D eigenvalue weighted by molar-refractivity contribution is 5.89. The number of carbonyl (C=O) groups is 1. The molecule has 0 aliphatic heterocycles. The first-order valence-corrected chi connectivity index (χ1v) is 9.77. The first-order valence-electron chi connectivity index (χ1n) is 9.77. The number of hydrogen-bond donors (Lipinski definition) is 1. The maximum atomic E-state index is 13.1. The second-order valence-electron chi connectivity index (χ2n) is 6.95. The SMILES string of the molecule is O=C(Nc1ccc(-c2ccccc2)cc1)N(Cc1ccncc1)Cc1cccnc1. The van der Waals surface area contributed by atoms with E-state index in [0.717, 1.165) is 27.9 Å². The molecule has 0 saturated carbocycles. The molecule has 5 nitrogen and oxygen atoms in total. The monoisotopic (exact) mass is 394 g/mol. The van der Waals surface area contributed by atoms with Gasteiger partial charge in [0.25, 0.3) is 0 Å². The Morgan fingerprint density at radius 2 is 1.40 bits per heavy atom. The van der Waals surface area contributed by atoms with Gasteiger partial charge in [-0.3, -0.25) is 9.97 Å². The van der Waals surface area contributed by atoms with Gasteiger partial charge in [0, 0.05) is 43.6 Å². The van der Waals surface area contributed by atoms with Gasteiger partial charge in [0.15, 0.2) is 0 Å². The van der Waals surface area contributed by atoms with Crippen molar-refractivity contribution in [3.8, 4) is 11.1 Å². The van der Waals surface area contributed by atoms with Crippen LogP contribution in [0, 0.1) is 0 Å². The molecule has 2 aromatic carbocycles. The number of aromatic nitrogens is 2. The predicted molar refractivity (Wildman–Crippen MR) is 119 cm³/mol. The van der Waals surface area contributed by atoms with E-state index >= 15 is 0 Å². The second-order valence-corrected chi connectivity index (χ2v) is 6.95. The van der Waals surface area contributed by atoms with Crippen molar-refractivity contribution in [3.05, 3.63) is 115 Å². The Kier molecular flexibility index (Phi) is 6.11. The lowest BCUT2D eigenvalue weighted by Gasteiger charge is -2.23. The number of benzene rings is 2. The minimum Gasteiger partial charge on any atom is -0.316 e. The van der Waals surface area contributed by atoms with Gasteiger partial charge in [0.2, 0.25) is 0 Å². The molecule has 0 spiro atoms. The van der Waals surface area contributed by atoms with E-state index in [1.54, 1.807) is 29.7 Å². The van der Waals surface area contributed by atoms with Crippen LogP contribution in [-0.2, 0) is 13.1 Å². The minimum absolute atomic E-state index is 0.164. The van der Waals surface area contributed by atoms with E-state index in [2.05, 4.69) is 27.4 Å². The molecule has 148 valence electrons. The molecule has 0 atom stereocenters. The van der Waals surface area contributed by atoms with Crippen LogP contribution in [0.4, 0.5) is 10.5 Å². The molecule has 0 radical (unpaired) electrons. The van der Waals surface area contributed by atoms with Gasteiger partial charge in [-0.1, -0.05) is 48.5 Å². The van der Waals surface area contributed by atoms with Crippen molar-refractivity contribution in [2.45, 2.75) is 13.1 Å². The van der Waals surface area contributed by atoms with Crippen molar-refractivity contribution in [2.24, 2.45) is 0 Å². The van der Waals surface area contributed by atoms with Crippen LogP contribution in [-0.4, -0.2) is 20.9 Å². The van der Waals surface area contributed by atoms with Crippen LogP contribution < -0.4 is 5.32 Å². The molecular formula is C25H22N4O. The largest absolute Gasteiger partial charge is 0.322 e. The highest BCUT2D eigenvalue weighted by atomic mass is 16.2. The number of nitrogens with zero attached hydrogens (tertiary/aromatic N) is 3. The summed E-state index contributed by atoms with van der Waals surface area (Å²) in [5, 5.41) is 3.01. The van der Waals surface area contributed by atoms with Gasteiger partial charge < -0.3 is 10.2 Å². The third-order valence-corrected chi connectivity index (χ3v) is 4.75. The Morgan fingerprint density at radius 1 is 0.700 bits per heavy atom. The molecule has 0 aliphatic carbocycles. The molecule has 30 heavy (non-hydrogen) atoms. The van der Waals surface area contributed by atoms with E-state index in [1.165, 1.54) is 0 Å². The molecule has 0 bridgehead atoms. The minimum atomic E-state index is -0.164. The highest BCUT2D eigenvalue weighted by Crippen LogP contribution is 2.21. The van der Waals surface area contributed by atoms with Gasteiger partial charge >= 0.3 is 6.03 Å². The summed E-state index contributed by atoms with van der Waals surface area (Å²) < 4.78 is 0.